The molecule has 2 rings (SSSR count). The van der Waals surface area contributed by atoms with E-state index in [4.69, 9.17) is 9.47 Å². The van der Waals surface area contributed by atoms with Crippen LogP contribution in [0.4, 0.5) is 13.2 Å². The number of halogens is 3. The lowest BCUT2D eigenvalue weighted by Crippen LogP contribution is -2.12. The summed E-state index contributed by atoms with van der Waals surface area (Å²) in [5, 5.41) is 0. The molecule has 0 bridgehead atoms. The van der Waals surface area contributed by atoms with Crippen molar-refractivity contribution in [1.29, 1.82) is 0 Å². The number of carbonyl (C=O) groups is 3. The van der Waals surface area contributed by atoms with Crippen LogP contribution in [-0.4, -0.2) is 17.7 Å². The van der Waals surface area contributed by atoms with Crippen LogP contribution in [0.3, 0.4) is 0 Å². The van der Waals surface area contributed by atoms with E-state index in [2.05, 4.69) is 0 Å². The Balaban J connectivity index is 2.12. The third kappa shape index (κ3) is 7.90. The molecule has 0 radical (unpaired) electrons. The van der Waals surface area contributed by atoms with Crippen LogP contribution in [0, 0.1) is 0 Å². The molecule has 0 aliphatic carbocycles. The van der Waals surface area contributed by atoms with Crippen LogP contribution >= 0.6 is 0 Å². The molecule has 0 spiro atoms. The summed E-state index contributed by atoms with van der Waals surface area (Å²) >= 11 is 0. The zero-order valence-corrected chi connectivity index (χ0v) is 16.1. The van der Waals surface area contributed by atoms with Crippen LogP contribution in [0.1, 0.15) is 36.5 Å². The summed E-state index contributed by atoms with van der Waals surface area (Å²) in [5.74, 6) is -2.15. The van der Waals surface area contributed by atoms with E-state index in [0.717, 1.165) is 17.7 Å². The number of ketones is 1. The number of esters is 2. The zero-order valence-electron chi connectivity index (χ0n) is 16.1. The molecule has 30 heavy (non-hydrogen) atoms. The van der Waals surface area contributed by atoms with Crippen molar-refractivity contribution in [2.45, 2.75) is 32.5 Å². The van der Waals surface area contributed by atoms with Crippen molar-refractivity contribution in [2.75, 3.05) is 0 Å². The minimum absolute atomic E-state index is 0.00856. The van der Waals surface area contributed by atoms with Crippen LogP contribution in [0.25, 0.3) is 6.08 Å². The average molecular weight is 420 g/mol. The van der Waals surface area contributed by atoms with Gasteiger partial charge in [0.2, 0.25) is 0 Å². The van der Waals surface area contributed by atoms with Crippen LogP contribution < -0.4 is 0 Å². The SMILES string of the molecule is CC(=O)CC(=O)O/C(=C/c1ccc(C(F)(F)F)cc1)CC(=O)OCc1ccccc1. The van der Waals surface area contributed by atoms with Gasteiger partial charge < -0.3 is 9.47 Å². The van der Waals surface area contributed by atoms with Crippen LogP contribution in [0.5, 0.6) is 0 Å². The van der Waals surface area contributed by atoms with Crippen molar-refractivity contribution in [2.24, 2.45) is 0 Å². The first-order valence-electron chi connectivity index (χ1n) is 8.91. The number of rotatable bonds is 8. The van der Waals surface area contributed by atoms with Gasteiger partial charge in [-0.1, -0.05) is 42.5 Å². The Bertz CT molecular complexity index is 916. The molecular formula is C22H19F3O5. The first-order chi connectivity index (χ1) is 14.1. The van der Waals surface area contributed by atoms with E-state index >= 15 is 0 Å². The Labute approximate surface area is 171 Å². The van der Waals surface area contributed by atoms with Crippen molar-refractivity contribution in [3.8, 4) is 0 Å². The molecule has 0 fully saturated rings. The smallest absolute Gasteiger partial charge is 0.416 e. The Morgan fingerprint density at radius 1 is 0.900 bits per heavy atom. The second-order valence-electron chi connectivity index (χ2n) is 6.41. The lowest BCUT2D eigenvalue weighted by atomic mass is 10.1. The van der Waals surface area contributed by atoms with E-state index in [1.807, 2.05) is 6.07 Å². The molecule has 8 heteroatoms. The van der Waals surface area contributed by atoms with Gasteiger partial charge >= 0.3 is 18.1 Å². The lowest BCUT2D eigenvalue weighted by Gasteiger charge is -2.10. The summed E-state index contributed by atoms with van der Waals surface area (Å²) in [6.07, 6.45) is -4.16. The van der Waals surface area contributed by atoms with Gasteiger partial charge in [0.15, 0.2) is 0 Å². The number of Topliss-reactive ketones (excluding diaryl/α,β-unsaturated/α-hetero) is 1. The molecule has 0 atom stereocenters. The second kappa shape index (κ2) is 10.4. The predicted molar refractivity (Wildman–Crippen MR) is 102 cm³/mol. The summed E-state index contributed by atoms with van der Waals surface area (Å²) in [7, 11) is 0. The molecule has 5 nitrogen and oxygen atoms in total. The highest BCUT2D eigenvalue weighted by atomic mass is 19.4. The van der Waals surface area contributed by atoms with E-state index in [-0.39, 0.29) is 17.9 Å². The highest BCUT2D eigenvalue weighted by Crippen LogP contribution is 2.29. The molecule has 0 amide bonds. The molecule has 0 saturated carbocycles. The molecule has 0 aromatic heterocycles. The van der Waals surface area contributed by atoms with Crippen LogP contribution in [0.2, 0.25) is 0 Å². The first-order valence-corrected chi connectivity index (χ1v) is 8.91. The molecule has 0 heterocycles. The molecule has 2 aromatic rings. The maximum Gasteiger partial charge on any atom is 0.416 e. The summed E-state index contributed by atoms with van der Waals surface area (Å²) in [6.45, 7) is 1.21. The minimum Gasteiger partial charge on any atom is -0.460 e. The Hall–Kier alpha value is -3.42. The van der Waals surface area contributed by atoms with Gasteiger partial charge in [-0.2, -0.15) is 13.2 Å². The molecule has 0 aliphatic heterocycles. The van der Waals surface area contributed by atoms with Crippen molar-refractivity contribution < 1.29 is 37.0 Å². The van der Waals surface area contributed by atoms with Gasteiger partial charge in [-0.15, -0.1) is 0 Å². The number of hydrogen-bond donors (Lipinski definition) is 0. The molecule has 158 valence electrons. The first kappa shape index (κ1) is 22.9. The van der Waals surface area contributed by atoms with Crippen LogP contribution in [0.15, 0.2) is 60.4 Å². The molecule has 0 N–H and O–H groups in total. The third-order valence-corrected chi connectivity index (χ3v) is 3.77. The fourth-order valence-corrected chi connectivity index (χ4v) is 2.39. The molecular weight excluding hydrogens is 401 g/mol. The van der Waals surface area contributed by atoms with Gasteiger partial charge in [-0.05, 0) is 36.3 Å². The van der Waals surface area contributed by atoms with E-state index in [1.165, 1.54) is 25.1 Å². The van der Waals surface area contributed by atoms with Gasteiger partial charge in [0.1, 0.15) is 31.0 Å². The summed E-state index contributed by atoms with van der Waals surface area (Å²) in [4.78, 5) is 35.0. The Morgan fingerprint density at radius 2 is 1.53 bits per heavy atom. The second-order valence-corrected chi connectivity index (χ2v) is 6.41. The van der Waals surface area contributed by atoms with E-state index in [0.29, 0.717) is 0 Å². The zero-order chi connectivity index (χ0) is 22.1. The van der Waals surface area contributed by atoms with E-state index in [1.54, 1.807) is 24.3 Å². The number of ether oxygens (including phenoxy) is 2. The van der Waals surface area contributed by atoms with E-state index in [9.17, 15) is 27.6 Å². The van der Waals surface area contributed by atoms with Crippen LogP contribution in [-0.2, 0) is 36.6 Å². The van der Waals surface area contributed by atoms with Gasteiger partial charge in [0.05, 0.1) is 5.56 Å². The van der Waals surface area contributed by atoms with Gasteiger partial charge in [-0.3, -0.25) is 14.4 Å². The molecule has 2 aromatic carbocycles. The topological polar surface area (TPSA) is 69.7 Å². The predicted octanol–water partition coefficient (Wildman–Crippen LogP) is 4.70. The Morgan fingerprint density at radius 3 is 2.10 bits per heavy atom. The highest BCUT2D eigenvalue weighted by molar-refractivity contribution is 5.94. The minimum atomic E-state index is -4.49. The highest BCUT2D eigenvalue weighted by Gasteiger charge is 2.29. The lowest BCUT2D eigenvalue weighted by molar-refractivity contribution is -0.146. The number of benzene rings is 2. The number of alkyl halides is 3. The number of carbonyl (C=O) groups excluding carboxylic acids is 3. The standard InChI is InChI=1S/C22H19F3O5/c1-15(26)11-21(28)30-19(12-16-7-9-18(10-8-16)22(23,24)25)13-20(27)29-14-17-5-3-2-4-6-17/h2-10,12H,11,13-14H2,1H3/b19-12+. The molecule has 0 aliphatic rings. The van der Waals surface area contributed by atoms with Gasteiger partial charge in [0.25, 0.3) is 0 Å². The van der Waals surface area contributed by atoms with Crippen molar-refractivity contribution in [1.82, 2.24) is 0 Å². The summed E-state index contributed by atoms with van der Waals surface area (Å²) in [5.41, 5.74) is 0.203. The van der Waals surface area contributed by atoms with Crippen molar-refractivity contribution >= 4 is 23.8 Å². The molecule has 0 unspecified atom stereocenters. The fraction of sp³-hybridized carbons (Fsp3) is 0.227. The number of hydrogen-bond acceptors (Lipinski definition) is 5. The third-order valence-electron chi connectivity index (χ3n) is 3.77. The quantitative estimate of drug-likeness (QED) is 0.352. The van der Waals surface area contributed by atoms with E-state index < -0.39 is 42.3 Å². The largest absolute Gasteiger partial charge is 0.460 e. The van der Waals surface area contributed by atoms with Gasteiger partial charge in [0, 0.05) is 0 Å². The maximum atomic E-state index is 12.7. The Kier molecular flexibility index (Phi) is 7.91. The molecule has 0 saturated heterocycles. The maximum absolute atomic E-state index is 12.7. The monoisotopic (exact) mass is 420 g/mol. The average Bonchev–Trinajstić information content (AvgIpc) is 2.66. The fourth-order valence-electron chi connectivity index (χ4n) is 2.39. The van der Waals surface area contributed by atoms with Crippen molar-refractivity contribution in [3.05, 3.63) is 77.0 Å². The summed E-state index contributed by atoms with van der Waals surface area (Å²) < 4.78 is 48.3. The normalized spacial score (nSPS) is 11.7. The van der Waals surface area contributed by atoms with Gasteiger partial charge in [-0.25, -0.2) is 0 Å². The van der Waals surface area contributed by atoms with Crippen molar-refractivity contribution in [3.63, 3.8) is 0 Å². The summed E-state index contributed by atoms with van der Waals surface area (Å²) in [6, 6.07) is 13.0.